The van der Waals surface area contributed by atoms with E-state index in [1.165, 1.54) is 0 Å². The minimum absolute atomic E-state index is 0.0899. The van der Waals surface area contributed by atoms with Crippen molar-refractivity contribution in [1.29, 1.82) is 0 Å². The summed E-state index contributed by atoms with van der Waals surface area (Å²) in [5.74, 6) is 0.508. The molecule has 2 N–H and O–H groups in total. The number of likely N-dealkylation sites (tertiary alicyclic amines) is 1. The summed E-state index contributed by atoms with van der Waals surface area (Å²) in [7, 11) is 0. The van der Waals surface area contributed by atoms with Crippen LogP contribution in [-0.4, -0.2) is 34.9 Å². The Labute approximate surface area is 118 Å². The monoisotopic (exact) mass is 269 g/mol. The van der Waals surface area contributed by atoms with E-state index < -0.39 is 0 Å². The van der Waals surface area contributed by atoms with E-state index in [0.29, 0.717) is 12.5 Å². The second kappa shape index (κ2) is 5.21. The molecule has 1 amide bonds. The minimum Gasteiger partial charge on any atom is -0.336 e. The molecule has 20 heavy (non-hydrogen) atoms. The molecule has 1 aliphatic heterocycles. The van der Waals surface area contributed by atoms with E-state index in [-0.39, 0.29) is 11.9 Å². The minimum atomic E-state index is 0.0899. The summed E-state index contributed by atoms with van der Waals surface area (Å²) in [5, 5.41) is 0.920. The van der Waals surface area contributed by atoms with Gasteiger partial charge < -0.3 is 10.6 Å². The Bertz CT molecular complexity index is 635. The zero-order valence-electron chi connectivity index (χ0n) is 11.6. The summed E-state index contributed by atoms with van der Waals surface area (Å²) in [6.07, 6.45) is 2.74. The van der Waals surface area contributed by atoms with E-state index in [0.717, 1.165) is 29.4 Å². The largest absolute Gasteiger partial charge is 0.336 e. The van der Waals surface area contributed by atoms with Gasteiger partial charge in [0.2, 0.25) is 0 Å². The van der Waals surface area contributed by atoms with Crippen molar-refractivity contribution in [2.24, 2.45) is 11.7 Å². The van der Waals surface area contributed by atoms with E-state index in [1.54, 1.807) is 6.20 Å². The number of amides is 1. The van der Waals surface area contributed by atoms with Crippen molar-refractivity contribution in [2.75, 3.05) is 13.1 Å². The van der Waals surface area contributed by atoms with Crippen LogP contribution in [-0.2, 0) is 0 Å². The maximum Gasteiger partial charge on any atom is 0.254 e. The van der Waals surface area contributed by atoms with Crippen LogP contribution in [0.25, 0.3) is 10.9 Å². The third-order valence-corrected chi connectivity index (χ3v) is 4.13. The van der Waals surface area contributed by atoms with Crippen LogP contribution in [0.5, 0.6) is 0 Å². The van der Waals surface area contributed by atoms with Gasteiger partial charge in [-0.05, 0) is 44.0 Å². The van der Waals surface area contributed by atoms with Crippen molar-refractivity contribution in [3.63, 3.8) is 0 Å². The highest BCUT2D eigenvalue weighted by Crippen LogP contribution is 2.26. The topological polar surface area (TPSA) is 59.2 Å². The Morgan fingerprint density at radius 3 is 3.00 bits per heavy atom. The third kappa shape index (κ3) is 2.16. The molecule has 104 valence electrons. The average Bonchev–Trinajstić information content (AvgIpc) is 2.87. The molecule has 2 aromatic rings. The molecule has 1 aromatic carbocycles. The number of nitrogens with zero attached hydrogens (tertiary/aromatic N) is 2. The van der Waals surface area contributed by atoms with E-state index in [2.05, 4.69) is 11.9 Å². The Hall–Kier alpha value is -1.94. The highest BCUT2D eigenvalue weighted by Gasteiger charge is 2.32. The highest BCUT2D eigenvalue weighted by molar-refractivity contribution is 6.06. The van der Waals surface area contributed by atoms with Gasteiger partial charge in [-0.2, -0.15) is 0 Å². The van der Waals surface area contributed by atoms with Crippen molar-refractivity contribution >= 4 is 16.8 Å². The van der Waals surface area contributed by atoms with Crippen LogP contribution in [0.3, 0.4) is 0 Å². The predicted molar refractivity (Wildman–Crippen MR) is 79.4 cm³/mol. The molecule has 1 fully saturated rings. The highest BCUT2D eigenvalue weighted by atomic mass is 16.2. The molecule has 0 radical (unpaired) electrons. The fourth-order valence-electron chi connectivity index (χ4n) is 3.04. The molecule has 1 saturated heterocycles. The molecule has 2 heterocycles. The predicted octanol–water partition coefficient (Wildman–Crippen LogP) is 2.04. The molecule has 0 saturated carbocycles. The normalized spacial score (nSPS) is 22.4. The fourth-order valence-corrected chi connectivity index (χ4v) is 3.04. The van der Waals surface area contributed by atoms with Crippen LogP contribution in [0.2, 0.25) is 0 Å². The lowest BCUT2D eigenvalue weighted by molar-refractivity contribution is 0.0745. The van der Waals surface area contributed by atoms with E-state index in [1.807, 2.05) is 35.2 Å². The molecule has 0 bridgehead atoms. The second-order valence-corrected chi connectivity index (χ2v) is 5.52. The fraction of sp³-hybridized carbons (Fsp3) is 0.375. The van der Waals surface area contributed by atoms with Crippen molar-refractivity contribution < 1.29 is 4.79 Å². The van der Waals surface area contributed by atoms with Gasteiger partial charge >= 0.3 is 0 Å². The van der Waals surface area contributed by atoms with Crippen LogP contribution >= 0.6 is 0 Å². The zero-order valence-corrected chi connectivity index (χ0v) is 11.6. The molecule has 2 atom stereocenters. The van der Waals surface area contributed by atoms with Gasteiger partial charge in [0.05, 0.1) is 5.52 Å². The number of pyridine rings is 1. The van der Waals surface area contributed by atoms with Crippen molar-refractivity contribution in [2.45, 2.75) is 19.4 Å². The summed E-state index contributed by atoms with van der Waals surface area (Å²) in [6, 6.07) is 9.79. The van der Waals surface area contributed by atoms with Gasteiger partial charge in [0.15, 0.2) is 0 Å². The van der Waals surface area contributed by atoms with Crippen LogP contribution in [0, 0.1) is 5.92 Å². The molecule has 2 unspecified atom stereocenters. The van der Waals surface area contributed by atoms with Gasteiger partial charge in [0.1, 0.15) is 0 Å². The number of hydrogen-bond acceptors (Lipinski definition) is 3. The standard InChI is InChI=1S/C16H19N3O/c1-11-8-12(9-17)10-19(11)16(20)14-4-2-6-15-13(14)5-3-7-18-15/h2-7,11-12H,8-10,17H2,1H3. The number of aromatic nitrogens is 1. The SMILES string of the molecule is CC1CC(CN)CN1C(=O)c1cccc2ncccc12. The Morgan fingerprint density at radius 1 is 1.40 bits per heavy atom. The van der Waals surface area contributed by atoms with Gasteiger partial charge in [0, 0.05) is 29.7 Å². The zero-order chi connectivity index (χ0) is 14.1. The molecule has 4 nitrogen and oxygen atoms in total. The van der Waals surface area contributed by atoms with Crippen molar-refractivity contribution in [1.82, 2.24) is 9.88 Å². The summed E-state index contributed by atoms with van der Waals surface area (Å²) in [6.45, 7) is 3.50. The van der Waals surface area contributed by atoms with Gasteiger partial charge in [-0.3, -0.25) is 9.78 Å². The Kier molecular flexibility index (Phi) is 3.40. The molecule has 3 rings (SSSR count). The number of nitrogens with two attached hydrogens (primary N) is 1. The molecule has 1 aliphatic rings. The molecule has 4 heteroatoms. The maximum atomic E-state index is 12.8. The first kappa shape index (κ1) is 13.1. The first-order valence-electron chi connectivity index (χ1n) is 7.05. The van der Waals surface area contributed by atoms with E-state index in [4.69, 9.17) is 5.73 Å². The molecule has 0 aliphatic carbocycles. The smallest absolute Gasteiger partial charge is 0.254 e. The number of benzene rings is 1. The summed E-state index contributed by atoms with van der Waals surface area (Å²) in [5.41, 5.74) is 7.34. The first-order chi connectivity index (χ1) is 9.70. The first-order valence-corrected chi connectivity index (χ1v) is 7.05. The number of rotatable bonds is 2. The van der Waals surface area contributed by atoms with Gasteiger partial charge in [-0.1, -0.05) is 12.1 Å². The lowest BCUT2D eigenvalue weighted by Crippen LogP contribution is -2.34. The maximum absolute atomic E-state index is 12.8. The van der Waals surface area contributed by atoms with Crippen LogP contribution in [0.1, 0.15) is 23.7 Å². The van der Waals surface area contributed by atoms with Gasteiger partial charge in [-0.15, -0.1) is 0 Å². The number of carbonyl (C=O) groups excluding carboxylic acids is 1. The van der Waals surface area contributed by atoms with Gasteiger partial charge in [-0.25, -0.2) is 0 Å². The average molecular weight is 269 g/mol. The summed E-state index contributed by atoms with van der Waals surface area (Å²) in [4.78, 5) is 19.0. The van der Waals surface area contributed by atoms with Gasteiger partial charge in [0.25, 0.3) is 5.91 Å². The number of hydrogen-bond donors (Lipinski definition) is 1. The van der Waals surface area contributed by atoms with Crippen LogP contribution in [0.4, 0.5) is 0 Å². The van der Waals surface area contributed by atoms with Crippen molar-refractivity contribution in [3.8, 4) is 0 Å². The molecule has 1 aromatic heterocycles. The lowest BCUT2D eigenvalue weighted by Gasteiger charge is -2.22. The number of fused-ring (bicyclic) bond motifs is 1. The quantitative estimate of drug-likeness (QED) is 0.907. The molecular weight excluding hydrogens is 250 g/mol. The summed E-state index contributed by atoms with van der Waals surface area (Å²) < 4.78 is 0. The molecule has 0 spiro atoms. The van der Waals surface area contributed by atoms with Crippen LogP contribution in [0.15, 0.2) is 36.5 Å². The van der Waals surface area contributed by atoms with Crippen LogP contribution < -0.4 is 5.73 Å². The molecular formula is C16H19N3O. The van der Waals surface area contributed by atoms with E-state index >= 15 is 0 Å². The van der Waals surface area contributed by atoms with Crippen molar-refractivity contribution in [3.05, 3.63) is 42.1 Å². The second-order valence-electron chi connectivity index (χ2n) is 5.52. The Morgan fingerprint density at radius 2 is 2.25 bits per heavy atom. The summed E-state index contributed by atoms with van der Waals surface area (Å²) >= 11 is 0. The Balaban J connectivity index is 1.97. The van der Waals surface area contributed by atoms with E-state index in [9.17, 15) is 4.79 Å². The third-order valence-electron chi connectivity index (χ3n) is 4.13. The number of carbonyl (C=O) groups is 1. The lowest BCUT2D eigenvalue weighted by atomic mass is 10.1.